The Balaban J connectivity index is 2.44. The second-order valence-electron chi connectivity index (χ2n) is 4.42. The van der Waals surface area contributed by atoms with E-state index >= 15 is 0 Å². The number of amidine groups is 1. The van der Waals surface area contributed by atoms with Gasteiger partial charge in [-0.05, 0) is 31.0 Å². The first kappa shape index (κ1) is 15.3. The molecule has 5 heteroatoms. The number of benzene rings is 1. The van der Waals surface area contributed by atoms with Gasteiger partial charge in [-0.3, -0.25) is 0 Å². The van der Waals surface area contributed by atoms with Crippen LogP contribution in [-0.4, -0.2) is 30.7 Å². The third kappa shape index (κ3) is 5.18. The Labute approximate surface area is 114 Å². The number of methoxy groups -OCH3 is 1. The molecular formula is C14H23N3O2. The van der Waals surface area contributed by atoms with Crippen LogP contribution in [0.25, 0.3) is 0 Å². The highest BCUT2D eigenvalue weighted by Gasteiger charge is 2.08. The highest BCUT2D eigenvalue weighted by atomic mass is 16.5. The molecule has 0 bridgehead atoms. The van der Waals surface area contributed by atoms with E-state index < -0.39 is 0 Å². The smallest absolute Gasteiger partial charge is 0.140 e. The highest BCUT2D eigenvalue weighted by Crippen LogP contribution is 2.17. The van der Waals surface area contributed by atoms with Crippen molar-refractivity contribution < 1.29 is 9.94 Å². The normalized spacial score (nSPS) is 13.3. The van der Waals surface area contributed by atoms with Gasteiger partial charge in [0.2, 0.25) is 0 Å². The first-order chi connectivity index (χ1) is 9.21. The molecule has 5 nitrogen and oxygen atoms in total. The molecule has 19 heavy (non-hydrogen) atoms. The number of ether oxygens (including phenoxy) is 1. The van der Waals surface area contributed by atoms with Gasteiger partial charge in [-0.25, -0.2) is 0 Å². The van der Waals surface area contributed by atoms with Gasteiger partial charge in [0.05, 0.1) is 7.11 Å². The van der Waals surface area contributed by atoms with E-state index in [4.69, 9.17) is 15.7 Å². The number of hydrogen-bond donors (Lipinski definition) is 3. The Morgan fingerprint density at radius 3 is 2.84 bits per heavy atom. The van der Waals surface area contributed by atoms with E-state index in [-0.39, 0.29) is 11.9 Å². The molecule has 0 aliphatic carbocycles. The molecule has 0 amide bonds. The minimum Gasteiger partial charge on any atom is -0.496 e. The van der Waals surface area contributed by atoms with E-state index in [2.05, 4.69) is 23.5 Å². The van der Waals surface area contributed by atoms with Crippen molar-refractivity contribution in [3.8, 4) is 5.75 Å². The summed E-state index contributed by atoms with van der Waals surface area (Å²) in [5, 5.41) is 15.0. The highest BCUT2D eigenvalue weighted by molar-refractivity contribution is 5.80. The Morgan fingerprint density at radius 2 is 2.21 bits per heavy atom. The molecule has 0 saturated carbocycles. The number of nitrogens with one attached hydrogen (secondary N) is 1. The molecule has 0 aromatic heterocycles. The average molecular weight is 265 g/mol. The SMILES string of the molecule is CCC(C/C(N)=N/O)NCCc1ccccc1OC. The third-order valence-electron chi connectivity index (χ3n) is 3.10. The topological polar surface area (TPSA) is 79.9 Å². The Bertz CT molecular complexity index is 407. The molecule has 1 aromatic carbocycles. The van der Waals surface area contributed by atoms with Gasteiger partial charge in [0.1, 0.15) is 11.6 Å². The molecule has 0 saturated heterocycles. The summed E-state index contributed by atoms with van der Waals surface area (Å²) in [6, 6.07) is 8.22. The number of rotatable bonds is 8. The molecule has 0 fully saturated rings. The van der Waals surface area contributed by atoms with Crippen LogP contribution < -0.4 is 15.8 Å². The zero-order valence-corrected chi connectivity index (χ0v) is 11.6. The summed E-state index contributed by atoms with van der Waals surface area (Å²) in [4.78, 5) is 0. The van der Waals surface area contributed by atoms with Crippen LogP contribution in [0.4, 0.5) is 0 Å². The molecule has 1 atom stereocenters. The Hall–Kier alpha value is -1.75. The molecule has 0 spiro atoms. The second kappa shape index (κ2) is 8.37. The number of oxime groups is 1. The maximum Gasteiger partial charge on any atom is 0.140 e. The fourth-order valence-corrected chi connectivity index (χ4v) is 1.97. The van der Waals surface area contributed by atoms with Gasteiger partial charge in [0.15, 0.2) is 0 Å². The van der Waals surface area contributed by atoms with Gasteiger partial charge < -0.3 is 21.0 Å². The van der Waals surface area contributed by atoms with Crippen molar-refractivity contribution in [2.24, 2.45) is 10.9 Å². The van der Waals surface area contributed by atoms with E-state index in [0.29, 0.717) is 6.42 Å². The van der Waals surface area contributed by atoms with Crippen molar-refractivity contribution in [3.05, 3.63) is 29.8 Å². The standard InChI is InChI=1S/C14H23N3O2/c1-3-12(10-14(15)17-18)16-9-8-11-6-4-5-7-13(11)19-2/h4-7,12,16,18H,3,8-10H2,1-2H3,(H2,15,17). The lowest BCUT2D eigenvalue weighted by Crippen LogP contribution is -2.34. The summed E-state index contributed by atoms with van der Waals surface area (Å²) < 4.78 is 5.31. The summed E-state index contributed by atoms with van der Waals surface area (Å²) in [5.41, 5.74) is 6.69. The largest absolute Gasteiger partial charge is 0.496 e. The summed E-state index contributed by atoms with van der Waals surface area (Å²) in [6.45, 7) is 2.91. The van der Waals surface area contributed by atoms with Crippen LogP contribution in [0.15, 0.2) is 29.4 Å². The molecule has 1 unspecified atom stereocenters. The lowest BCUT2D eigenvalue weighted by Gasteiger charge is -2.16. The zero-order chi connectivity index (χ0) is 14.1. The zero-order valence-electron chi connectivity index (χ0n) is 11.6. The fourth-order valence-electron chi connectivity index (χ4n) is 1.97. The predicted molar refractivity (Wildman–Crippen MR) is 76.8 cm³/mol. The number of nitrogens with two attached hydrogens (primary N) is 1. The first-order valence-corrected chi connectivity index (χ1v) is 6.52. The van der Waals surface area contributed by atoms with E-state index in [9.17, 15) is 0 Å². The van der Waals surface area contributed by atoms with Crippen LogP contribution in [0, 0.1) is 0 Å². The monoisotopic (exact) mass is 265 g/mol. The molecule has 1 rings (SSSR count). The molecule has 0 aliphatic rings. The lowest BCUT2D eigenvalue weighted by atomic mass is 10.1. The van der Waals surface area contributed by atoms with Crippen LogP contribution in [0.2, 0.25) is 0 Å². The molecule has 4 N–H and O–H groups in total. The van der Waals surface area contributed by atoms with E-state index in [0.717, 1.165) is 25.1 Å². The summed E-state index contributed by atoms with van der Waals surface area (Å²) in [6.07, 6.45) is 2.37. The van der Waals surface area contributed by atoms with Crippen molar-refractivity contribution in [2.75, 3.05) is 13.7 Å². The van der Waals surface area contributed by atoms with E-state index in [1.54, 1.807) is 7.11 Å². The summed E-state index contributed by atoms with van der Waals surface area (Å²) in [5.74, 6) is 1.17. The summed E-state index contributed by atoms with van der Waals surface area (Å²) >= 11 is 0. The minimum absolute atomic E-state index is 0.227. The van der Waals surface area contributed by atoms with E-state index in [1.165, 1.54) is 5.56 Å². The molecule has 0 heterocycles. The van der Waals surface area contributed by atoms with Crippen LogP contribution in [-0.2, 0) is 6.42 Å². The Kier molecular flexibility index (Phi) is 6.74. The molecule has 0 radical (unpaired) electrons. The van der Waals surface area contributed by atoms with Gasteiger partial charge >= 0.3 is 0 Å². The van der Waals surface area contributed by atoms with Crippen molar-refractivity contribution in [1.82, 2.24) is 5.32 Å². The van der Waals surface area contributed by atoms with E-state index in [1.807, 2.05) is 18.2 Å². The predicted octanol–water partition coefficient (Wildman–Crippen LogP) is 1.74. The van der Waals surface area contributed by atoms with Crippen molar-refractivity contribution in [1.29, 1.82) is 0 Å². The van der Waals surface area contributed by atoms with Crippen LogP contribution in [0.1, 0.15) is 25.3 Å². The lowest BCUT2D eigenvalue weighted by molar-refractivity contribution is 0.315. The molecule has 1 aromatic rings. The molecule has 106 valence electrons. The second-order valence-corrected chi connectivity index (χ2v) is 4.42. The molecule has 0 aliphatic heterocycles. The van der Waals surface area contributed by atoms with Crippen molar-refractivity contribution in [3.63, 3.8) is 0 Å². The fraction of sp³-hybridized carbons (Fsp3) is 0.500. The third-order valence-corrected chi connectivity index (χ3v) is 3.10. The number of para-hydroxylation sites is 1. The quantitative estimate of drug-likeness (QED) is 0.289. The van der Waals surface area contributed by atoms with Gasteiger partial charge in [0.25, 0.3) is 0 Å². The van der Waals surface area contributed by atoms with Crippen LogP contribution in [0.3, 0.4) is 0 Å². The first-order valence-electron chi connectivity index (χ1n) is 6.52. The number of nitrogens with zero attached hydrogens (tertiary/aromatic N) is 1. The van der Waals surface area contributed by atoms with Crippen molar-refractivity contribution in [2.45, 2.75) is 32.2 Å². The Morgan fingerprint density at radius 1 is 1.47 bits per heavy atom. The van der Waals surface area contributed by atoms with Gasteiger partial charge in [0, 0.05) is 12.5 Å². The molecular weight excluding hydrogens is 242 g/mol. The average Bonchev–Trinajstić information content (AvgIpc) is 2.46. The van der Waals surface area contributed by atoms with Crippen molar-refractivity contribution >= 4 is 5.84 Å². The minimum atomic E-state index is 0.227. The van der Waals surface area contributed by atoms with Gasteiger partial charge in [-0.2, -0.15) is 0 Å². The maximum atomic E-state index is 8.57. The van der Waals surface area contributed by atoms with Gasteiger partial charge in [-0.1, -0.05) is 30.3 Å². The summed E-state index contributed by atoms with van der Waals surface area (Å²) in [7, 11) is 1.68. The maximum absolute atomic E-state index is 8.57. The van der Waals surface area contributed by atoms with Crippen LogP contribution >= 0.6 is 0 Å². The number of hydrogen-bond acceptors (Lipinski definition) is 4. The van der Waals surface area contributed by atoms with Crippen LogP contribution in [0.5, 0.6) is 5.75 Å². The van der Waals surface area contributed by atoms with Gasteiger partial charge in [-0.15, -0.1) is 0 Å².